The van der Waals surface area contributed by atoms with Crippen molar-refractivity contribution in [2.45, 2.75) is 25.8 Å². The first-order valence-corrected chi connectivity index (χ1v) is 7.03. The van der Waals surface area contributed by atoms with Crippen LogP contribution < -0.4 is 4.72 Å². The second-order valence-corrected chi connectivity index (χ2v) is 5.83. The first kappa shape index (κ1) is 14.6. The van der Waals surface area contributed by atoms with Crippen molar-refractivity contribution in [3.63, 3.8) is 0 Å². The van der Waals surface area contributed by atoms with E-state index in [9.17, 15) is 13.2 Å². The van der Waals surface area contributed by atoms with E-state index >= 15 is 0 Å². The van der Waals surface area contributed by atoms with Crippen molar-refractivity contribution in [1.82, 2.24) is 19.5 Å². The molecular weight excluding hydrogens is 260 g/mol. The van der Waals surface area contributed by atoms with Gasteiger partial charge in [-0.3, -0.25) is 4.79 Å². The minimum Gasteiger partial charge on any atom is -0.481 e. The van der Waals surface area contributed by atoms with Gasteiger partial charge < -0.3 is 9.67 Å². The Morgan fingerprint density at radius 3 is 2.78 bits per heavy atom. The van der Waals surface area contributed by atoms with Gasteiger partial charge in [0.05, 0.1) is 11.8 Å². The molecule has 1 aromatic heterocycles. The summed E-state index contributed by atoms with van der Waals surface area (Å²) in [5.74, 6) is -0.732. The highest BCUT2D eigenvalue weighted by Crippen LogP contribution is 2.09. The lowest BCUT2D eigenvalue weighted by Gasteiger charge is -2.12. The van der Waals surface area contributed by atoms with Gasteiger partial charge >= 0.3 is 5.97 Å². The van der Waals surface area contributed by atoms with Gasteiger partial charge in [-0.15, -0.1) is 10.2 Å². The SMILES string of the molecule is CC(NS(=O)(=O)CCCC(=O)O)c1nncn1C. The topological polar surface area (TPSA) is 114 Å². The van der Waals surface area contributed by atoms with Gasteiger partial charge in [0.15, 0.2) is 0 Å². The summed E-state index contributed by atoms with van der Waals surface area (Å²) in [4.78, 5) is 10.3. The molecule has 2 N–H and O–H groups in total. The van der Waals surface area contributed by atoms with Crippen LogP contribution >= 0.6 is 0 Å². The van der Waals surface area contributed by atoms with Crippen LogP contribution in [-0.4, -0.2) is 40.0 Å². The normalized spacial score (nSPS) is 13.4. The number of carboxylic acid groups (broad SMARTS) is 1. The van der Waals surface area contributed by atoms with E-state index in [1.807, 2.05) is 0 Å². The Kier molecular flexibility index (Phi) is 4.79. The van der Waals surface area contributed by atoms with E-state index in [-0.39, 0.29) is 18.6 Å². The number of carboxylic acids is 1. The maximum absolute atomic E-state index is 11.7. The maximum atomic E-state index is 11.7. The highest BCUT2D eigenvalue weighted by Gasteiger charge is 2.19. The molecule has 0 aliphatic heterocycles. The van der Waals surface area contributed by atoms with E-state index in [0.717, 1.165) is 0 Å². The van der Waals surface area contributed by atoms with E-state index in [1.54, 1.807) is 18.5 Å². The van der Waals surface area contributed by atoms with Crippen molar-refractivity contribution in [1.29, 1.82) is 0 Å². The lowest BCUT2D eigenvalue weighted by Crippen LogP contribution is -2.30. The first-order chi connectivity index (χ1) is 8.32. The zero-order valence-electron chi connectivity index (χ0n) is 10.2. The average molecular weight is 276 g/mol. The summed E-state index contributed by atoms with van der Waals surface area (Å²) in [5.41, 5.74) is 0. The molecule has 0 saturated carbocycles. The van der Waals surface area contributed by atoms with Crippen molar-refractivity contribution < 1.29 is 18.3 Å². The van der Waals surface area contributed by atoms with Gasteiger partial charge in [-0.1, -0.05) is 0 Å². The molecular formula is C9H16N4O4S. The Morgan fingerprint density at radius 2 is 2.28 bits per heavy atom. The second kappa shape index (κ2) is 5.91. The van der Waals surface area contributed by atoms with Crippen LogP contribution in [0.4, 0.5) is 0 Å². The van der Waals surface area contributed by atoms with Gasteiger partial charge in [0.1, 0.15) is 12.2 Å². The highest BCUT2D eigenvalue weighted by molar-refractivity contribution is 7.89. The summed E-state index contributed by atoms with van der Waals surface area (Å²) in [6, 6.07) is -0.507. The third kappa shape index (κ3) is 4.41. The average Bonchev–Trinajstić information content (AvgIpc) is 2.62. The minimum atomic E-state index is -3.51. The predicted molar refractivity (Wildman–Crippen MR) is 63.2 cm³/mol. The van der Waals surface area contributed by atoms with Crippen LogP contribution in [-0.2, 0) is 21.9 Å². The van der Waals surface area contributed by atoms with Crippen LogP contribution in [0.25, 0.3) is 0 Å². The van der Waals surface area contributed by atoms with Gasteiger partial charge in [-0.05, 0) is 13.3 Å². The number of nitrogens with zero attached hydrogens (tertiary/aromatic N) is 3. The largest absolute Gasteiger partial charge is 0.481 e. The smallest absolute Gasteiger partial charge is 0.303 e. The summed E-state index contributed by atoms with van der Waals surface area (Å²) in [6.07, 6.45) is 1.39. The number of sulfonamides is 1. The van der Waals surface area contributed by atoms with Crippen LogP contribution in [0.15, 0.2) is 6.33 Å². The van der Waals surface area contributed by atoms with E-state index in [4.69, 9.17) is 5.11 Å². The number of nitrogens with one attached hydrogen (secondary N) is 1. The van der Waals surface area contributed by atoms with Gasteiger partial charge in [-0.2, -0.15) is 0 Å². The summed E-state index contributed by atoms with van der Waals surface area (Å²) in [6.45, 7) is 1.65. The molecule has 0 radical (unpaired) electrons. The van der Waals surface area contributed by atoms with E-state index in [1.165, 1.54) is 6.33 Å². The Labute approximate surface area is 105 Å². The molecule has 0 aliphatic carbocycles. The number of aryl methyl sites for hydroxylation is 1. The van der Waals surface area contributed by atoms with Gasteiger partial charge in [0, 0.05) is 13.5 Å². The molecule has 0 fully saturated rings. The molecule has 0 aromatic carbocycles. The Bertz CT molecular complexity index is 510. The van der Waals surface area contributed by atoms with Crippen LogP contribution in [0.5, 0.6) is 0 Å². The summed E-state index contributed by atoms with van der Waals surface area (Å²) in [7, 11) is -1.80. The summed E-state index contributed by atoms with van der Waals surface area (Å²) >= 11 is 0. The molecule has 1 unspecified atom stereocenters. The Hall–Kier alpha value is -1.48. The van der Waals surface area contributed by atoms with E-state index < -0.39 is 22.0 Å². The number of aromatic nitrogens is 3. The molecule has 1 atom stereocenters. The molecule has 0 spiro atoms. The summed E-state index contributed by atoms with van der Waals surface area (Å²) in [5, 5.41) is 15.9. The van der Waals surface area contributed by atoms with E-state index in [2.05, 4.69) is 14.9 Å². The summed E-state index contributed by atoms with van der Waals surface area (Å²) < 4.78 is 27.4. The standard InChI is InChI=1S/C9H16N4O4S/c1-7(9-11-10-6-13(9)2)12-18(16,17)5-3-4-8(14)15/h6-7,12H,3-5H2,1-2H3,(H,14,15). The molecule has 18 heavy (non-hydrogen) atoms. The van der Waals surface area contributed by atoms with Gasteiger partial charge in [0.25, 0.3) is 0 Å². The van der Waals surface area contributed by atoms with Gasteiger partial charge in [-0.25, -0.2) is 13.1 Å². The fourth-order valence-corrected chi connectivity index (χ4v) is 2.76. The Balaban J connectivity index is 2.55. The number of hydrogen-bond donors (Lipinski definition) is 2. The molecule has 102 valence electrons. The zero-order valence-corrected chi connectivity index (χ0v) is 11.0. The molecule has 8 nitrogen and oxygen atoms in total. The van der Waals surface area contributed by atoms with Crippen molar-refractivity contribution in [3.05, 3.63) is 12.2 Å². The number of hydrogen-bond acceptors (Lipinski definition) is 5. The molecule has 0 bridgehead atoms. The minimum absolute atomic E-state index is 0.0796. The lowest BCUT2D eigenvalue weighted by atomic mass is 10.3. The predicted octanol–water partition coefficient (Wildman–Crippen LogP) is -0.340. The Morgan fingerprint density at radius 1 is 1.61 bits per heavy atom. The van der Waals surface area contributed by atoms with Gasteiger partial charge in [0.2, 0.25) is 10.0 Å². The first-order valence-electron chi connectivity index (χ1n) is 5.37. The molecule has 1 aromatic rings. The molecule has 1 rings (SSSR count). The second-order valence-electron chi connectivity index (χ2n) is 3.96. The monoisotopic (exact) mass is 276 g/mol. The fraction of sp³-hybridized carbons (Fsp3) is 0.667. The molecule has 0 saturated heterocycles. The third-order valence-electron chi connectivity index (χ3n) is 2.29. The fourth-order valence-electron chi connectivity index (χ4n) is 1.48. The zero-order chi connectivity index (χ0) is 13.8. The van der Waals surface area contributed by atoms with Crippen LogP contribution in [0.2, 0.25) is 0 Å². The van der Waals surface area contributed by atoms with Crippen LogP contribution in [0.3, 0.4) is 0 Å². The van der Waals surface area contributed by atoms with Crippen molar-refractivity contribution in [2.24, 2.45) is 7.05 Å². The lowest BCUT2D eigenvalue weighted by molar-refractivity contribution is -0.137. The van der Waals surface area contributed by atoms with Crippen LogP contribution in [0.1, 0.15) is 31.6 Å². The quantitative estimate of drug-likeness (QED) is 0.704. The van der Waals surface area contributed by atoms with Crippen molar-refractivity contribution >= 4 is 16.0 Å². The molecule has 0 amide bonds. The van der Waals surface area contributed by atoms with Crippen LogP contribution in [0, 0.1) is 0 Å². The highest BCUT2D eigenvalue weighted by atomic mass is 32.2. The third-order valence-corrected chi connectivity index (χ3v) is 3.83. The number of rotatable bonds is 7. The molecule has 1 heterocycles. The maximum Gasteiger partial charge on any atom is 0.303 e. The molecule has 0 aliphatic rings. The molecule has 9 heteroatoms. The van der Waals surface area contributed by atoms with Crippen molar-refractivity contribution in [2.75, 3.05) is 5.75 Å². The van der Waals surface area contributed by atoms with Crippen molar-refractivity contribution in [3.8, 4) is 0 Å². The number of aliphatic carboxylic acids is 1. The number of carbonyl (C=O) groups is 1. The van der Waals surface area contributed by atoms with E-state index in [0.29, 0.717) is 5.82 Å².